The van der Waals surface area contributed by atoms with Crippen molar-refractivity contribution in [1.29, 1.82) is 0 Å². The number of hydrogen-bond donors (Lipinski definition) is 0. The molecule has 0 aliphatic heterocycles. The molecule has 0 saturated heterocycles. The first-order valence-corrected chi connectivity index (χ1v) is 5.89. The predicted octanol–water partition coefficient (Wildman–Crippen LogP) is 1.91. The van der Waals surface area contributed by atoms with Gasteiger partial charge in [-0.1, -0.05) is 12.1 Å². The number of nitrogens with zero attached hydrogens (tertiary/aromatic N) is 4. The maximum absolute atomic E-state index is 11.3. The molecule has 0 radical (unpaired) electrons. The molecule has 0 fully saturated rings. The summed E-state index contributed by atoms with van der Waals surface area (Å²) in [6, 6.07) is 7.21. The average Bonchev–Trinajstić information content (AvgIpc) is 2.85. The van der Waals surface area contributed by atoms with E-state index in [1.165, 1.54) is 6.92 Å². The fourth-order valence-electron chi connectivity index (χ4n) is 1.81. The largest absolute Gasteiger partial charge is 0.423 e. The van der Waals surface area contributed by atoms with Gasteiger partial charge in [0.15, 0.2) is 11.4 Å². The van der Waals surface area contributed by atoms with Gasteiger partial charge in [-0.25, -0.2) is 0 Å². The Labute approximate surface area is 113 Å². The minimum Gasteiger partial charge on any atom is -0.423 e. The van der Waals surface area contributed by atoms with E-state index in [0.717, 1.165) is 0 Å². The maximum atomic E-state index is 11.3. The van der Waals surface area contributed by atoms with E-state index >= 15 is 0 Å². The van der Waals surface area contributed by atoms with Crippen LogP contribution in [0.15, 0.2) is 28.7 Å². The second-order valence-corrected chi connectivity index (χ2v) is 4.11. The first kappa shape index (κ1) is 12.2. The van der Waals surface area contributed by atoms with E-state index in [1.54, 1.807) is 19.1 Å². The van der Waals surface area contributed by atoms with Gasteiger partial charge < -0.3 is 9.15 Å². The molecule has 20 heavy (non-hydrogen) atoms. The molecule has 3 rings (SSSR count). The normalized spacial score (nSPS) is 10.7. The molecule has 3 aromatic rings. The van der Waals surface area contributed by atoms with Crippen LogP contribution in [0.25, 0.3) is 22.5 Å². The molecule has 100 valence electrons. The lowest BCUT2D eigenvalue weighted by Gasteiger charge is -2.07. The van der Waals surface area contributed by atoms with Gasteiger partial charge in [-0.3, -0.25) is 4.79 Å². The molecule has 7 heteroatoms. The fraction of sp³-hybridized carbons (Fsp3) is 0.154. The summed E-state index contributed by atoms with van der Waals surface area (Å²) in [5.41, 5.74) is 0.864. The highest BCUT2D eigenvalue weighted by Gasteiger charge is 2.20. The van der Waals surface area contributed by atoms with Gasteiger partial charge in [0.25, 0.3) is 5.89 Å². The molecule has 0 aliphatic rings. The number of aryl methyl sites for hydroxylation is 1. The van der Waals surface area contributed by atoms with Crippen LogP contribution in [0.4, 0.5) is 0 Å². The lowest BCUT2D eigenvalue weighted by atomic mass is 10.2. The Morgan fingerprint density at radius 1 is 1.15 bits per heavy atom. The second-order valence-electron chi connectivity index (χ2n) is 4.11. The summed E-state index contributed by atoms with van der Waals surface area (Å²) in [6.07, 6.45) is 0. The van der Waals surface area contributed by atoms with Crippen molar-refractivity contribution in [2.75, 3.05) is 0 Å². The highest BCUT2D eigenvalue weighted by atomic mass is 16.5. The van der Waals surface area contributed by atoms with Crippen molar-refractivity contribution in [2.24, 2.45) is 0 Å². The summed E-state index contributed by atoms with van der Waals surface area (Å²) in [6.45, 7) is 2.98. The van der Waals surface area contributed by atoms with Gasteiger partial charge in [0, 0.05) is 19.2 Å². The molecule has 7 nitrogen and oxygen atoms in total. The molecule has 0 amide bonds. The Balaban J connectivity index is 2.28. The quantitative estimate of drug-likeness (QED) is 0.657. The topological polar surface area (TPSA) is 91.0 Å². The van der Waals surface area contributed by atoms with Crippen LogP contribution in [-0.2, 0) is 4.79 Å². The van der Waals surface area contributed by atoms with Crippen LogP contribution in [0.1, 0.15) is 12.8 Å². The van der Waals surface area contributed by atoms with Crippen molar-refractivity contribution in [3.63, 3.8) is 0 Å². The van der Waals surface area contributed by atoms with Gasteiger partial charge in [0.05, 0.1) is 5.52 Å². The summed E-state index contributed by atoms with van der Waals surface area (Å²) >= 11 is 0. The van der Waals surface area contributed by atoms with Gasteiger partial charge in [0.2, 0.25) is 5.89 Å². The van der Waals surface area contributed by atoms with Crippen LogP contribution in [0, 0.1) is 6.92 Å². The standard InChI is InChI=1S/C13H10N4O3/c1-7-14-17-13(19-7)11-12(20-8(2)18)9-5-3-4-6-10(9)15-16-11/h3-6H,1-2H3. The molecule has 0 saturated carbocycles. The number of ether oxygens (including phenoxy) is 1. The maximum Gasteiger partial charge on any atom is 0.308 e. The Hall–Kier alpha value is -2.83. The zero-order valence-electron chi connectivity index (χ0n) is 10.8. The lowest BCUT2D eigenvalue weighted by Crippen LogP contribution is -2.05. The lowest BCUT2D eigenvalue weighted by molar-refractivity contribution is -0.131. The van der Waals surface area contributed by atoms with Crippen LogP contribution in [0.2, 0.25) is 0 Å². The summed E-state index contributed by atoms with van der Waals surface area (Å²) < 4.78 is 10.6. The van der Waals surface area contributed by atoms with Crippen LogP contribution in [0.3, 0.4) is 0 Å². The van der Waals surface area contributed by atoms with Gasteiger partial charge in [-0.15, -0.1) is 20.4 Å². The highest BCUT2D eigenvalue weighted by Crippen LogP contribution is 2.33. The predicted molar refractivity (Wildman–Crippen MR) is 68.9 cm³/mol. The first-order valence-electron chi connectivity index (χ1n) is 5.89. The Morgan fingerprint density at radius 2 is 1.95 bits per heavy atom. The van der Waals surface area contributed by atoms with Crippen LogP contribution in [0.5, 0.6) is 5.75 Å². The van der Waals surface area contributed by atoms with Crippen molar-refractivity contribution in [1.82, 2.24) is 20.4 Å². The van der Waals surface area contributed by atoms with Crippen molar-refractivity contribution < 1.29 is 13.9 Å². The number of aromatic nitrogens is 4. The van der Waals surface area contributed by atoms with Gasteiger partial charge >= 0.3 is 5.97 Å². The molecule has 0 atom stereocenters. The molecule has 0 aliphatic carbocycles. The number of carbonyl (C=O) groups is 1. The Morgan fingerprint density at radius 3 is 2.65 bits per heavy atom. The Kier molecular flexibility index (Phi) is 2.86. The van der Waals surface area contributed by atoms with E-state index < -0.39 is 5.97 Å². The number of benzene rings is 1. The molecule has 1 aromatic carbocycles. The minimum absolute atomic E-state index is 0.164. The SMILES string of the molecule is CC(=O)Oc1c(-c2nnc(C)o2)nnc2ccccc12. The molecule has 0 spiro atoms. The van der Waals surface area contributed by atoms with Gasteiger partial charge in [-0.05, 0) is 12.1 Å². The molecule has 2 aromatic heterocycles. The van der Waals surface area contributed by atoms with E-state index in [9.17, 15) is 4.79 Å². The van der Waals surface area contributed by atoms with Crippen molar-refractivity contribution in [3.8, 4) is 17.3 Å². The van der Waals surface area contributed by atoms with E-state index in [1.807, 2.05) is 12.1 Å². The third kappa shape index (κ3) is 2.09. The highest BCUT2D eigenvalue weighted by molar-refractivity contribution is 5.91. The van der Waals surface area contributed by atoms with E-state index in [2.05, 4.69) is 20.4 Å². The smallest absolute Gasteiger partial charge is 0.308 e. The van der Waals surface area contributed by atoms with Crippen molar-refractivity contribution in [3.05, 3.63) is 30.2 Å². The number of hydrogen-bond acceptors (Lipinski definition) is 7. The van der Waals surface area contributed by atoms with E-state index in [0.29, 0.717) is 16.8 Å². The summed E-state index contributed by atoms with van der Waals surface area (Å²) in [5, 5.41) is 16.4. The summed E-state index contributed by atoms with van der Waals surface area (Å²) in [4.78, 5) is 11.3. The van der Waals surface area contributed by atoms with Gasteiger partial charge in [0.1, 0.15) is 0 Å². The molecular weight excluding hydrogens is 260 g/mol. The third-order valence-corrected chi connectivity index (χ3v) is 2.60. The molecule has 2 heterocycles. The van der Waals surface area contributed by atoms with Crippen LogP contribution < -0.4 is 4.74 Å². The van der Waals surface area contributed by atoms with Crippen molar-refractivity contribution >= 4 is 16.9 Å². The van der Waals surface area contributed by atoms with E-state index in [-0.39, 0.29) is 17.3 Å². The number of rotatable bonds is 2. The fourth-order valence-corrected chi connectivity index (χ4v) is 1.81. The molecule has 0 unspecified atom stereocenters. The van der Waals surface area contributed by atoms with Gasteiger partial charge in [-0.2, -0.15) is 0 Å². The summed E-state index contributed by atoms with van der Waals surface area (Å²) in [5.74, 6) is 0.369. The van der Waals surface area contributed by atoms with Crippen LogP contribution >= 0.6 is 0 Å². The number of esters is 1. The second kappa shape index (κ2) is 4.69. The van der Waals surface area contributed by atoms with Crippen molar-refractivity contribution in [2.45, 2.75) is 13.8 Å². The molecule has 0 bridgehead atoms. The molecule has 0 N–H and O–H groups in total. The van der Waals surface area contributed by atoms with E-state index in [4.69, 9.17) is 9.15 Å². The monoisotopic (exact) mass is 270 g/mol. The zero-order valence-corrected chi connectivity index (χ0v) is 10.8. The minimum atomic E-state index is -0.458. The zero-order chi connectivity index (χ0) is 14.1. The Bertz CT molecular complexity index is 797. The van der Waals surface area contributed by atoms with Crippen LogP contribution in [-0.4, -0.2) is 26.4 Å². The summed E-state index contributed by atoms with van der Waals surface area (Å²) in [7, 11) is 0. The number of carbonyl (C=O) groups excluding carboxylic acids is 1. The average molecular weight is 270 g/mol. The molecular formula is C13H10N4O3. The number of fused-ring (bicyclic) bond motifs is 1. The third-order valence-electron chi connectivity index (χ3n) is 2.60. The first-order chi connectivity index (χ1) is 9.65.